The number of rotatable bonds is 3. The fourth-order valence-electron chi connectivity index (χ4n) is 2.59. The van der Waals surface area contributed by atoms with E-state index in [0.29, 0.717) is 0 Å². The Morgan fingerprint density at radius 3 is 2.00 bits per heavy atom. The van der Waals surface area contributed by atoms with Crippen molar-refractivity contribution in [3.8, 4) is 22.4 Å². The summed E-state index contributed by atoms with van der Waals surface area (Å²) in [6.45, 7) is 4.05. The molecule has 0 bridgehead atoms. The summed E-state index contributed by atoms with van der Waals surface area (Å²) in [5, 5.41) is 5.15. The number of aromatic amines is 1. The largest absolute Gasteiger partial charge is 0.358 e. The van der Waals surface area contributed by atoms with Crippen LogP contribution >= 0.6 is 0 Å². The van der Waals surface area contributed by atoms with Crippen molar-refractivity contribution in [3.63, 3.8) is 0 Å². The minimum Gasteiger partial charge on any atom is -0.358 e. The first-order valence-corrected chi connectivity index (χ1v) is 8.79. The SMILES string of the molecule is Cc1ccc(-c2cc(C)[nH]c2-c2ccc(S(N)(=O)=O)cc2)cc1. The van der Waals surface area contributed by atoms with Crippen LogP contribution in [0.1, 0.15) is 11.3 Å². The van der Waals surface area contributed by atoms with Gasteiger partial charge in [0.2, 0.25) is 10.0 Å². The molecular weight excluding hydrogens is 308 g/mol. The van der Waals surface area contributed by atoms with Gasteiger partial charge in [-0.1, -0.05) is 42.0 Å². The van der Waals surface area contributed by atoms with Gasteiger partial charge in [-0.25, -0.2) is 13.6 Å². The van der Waals surface area contributed by atoms with E-state index in [2.05, 4.69) is 42.2 Å². The summed E-state index contributed by atoms with van der Waals surface area (Å²) >= 11 is 0. The lowest BCUT2D eigenvalue weighted by Gasteiger charge is -2.06. The Hall–Kier alpha value is -2.37. The molecular formula is C18H18N2O2S. The molecule has 1 heterocycles. The van der Waals surface area contributed by atoms with E-state index in [1.807, 2.05) is 6.92 Å². The number of H-pyrrole nitrogens is 1. The first-order valence-electron chi connectivity index (χ1n) is 7.24. The highest BCUT2D eigenvalue weighted by Gasteiger charge is 2.12. The number of hydrogen-bond donors (Lipinski definition) is 2. The summed E-state index contributed by atoms with van der Waals surface area (Å²) in [7, 11) is -3.67. The molecule has 3 rings (SSSR count). The first kappa shape index (κ1) is 15.5. The van der Waals surface area contributed by atoms with Gasteiger partial charge >= 0.3 is 0 Å². The Balaban J connectivity index is 2.09. The molecule has 1 aromatic heterocycles. The summed E-state index contributed by atoms with van der Waals surface area (Å²) in [6.07, 6.45) is 0. The third-order valence-corrected chi connectivity index (χ3v) is 4.72. The molecule has 0 amide bonds. The van der Waals surface area contributed by atoms with Gasteiger partial charge in [-0.05, 0) is 43.2 Å². The summed E-state index contributed by atoms with van der Waals surface area (Å²) in [4.78, 5) is 3.46. The Kier molecular flexibility index (Phi) is 3.83. The van der Waals surface area contributed by atoms with Crippen LogP contribution in [0.5, 0.6) is 0 Å². The normalized spacial score (nSPS) is 11.6. The highest BCUT2D eigenvalue weighted by molar-refractivity contribution is 7.89. The predicted octanol–water partition coefficient (Wildman–Crippen LogP) is 3.61. The first-order chi connectivity index (χ1) is 10.8. The van der Waals surface area contributed by atoms with Crippen LogP contribution in [0.2, 0.25) is 0 Å². The molecule has 0 aliphatic carbocycles. The lowest BCUT2D eigenvalue weighted by atomic mass is 10.0. The fourth-order valence-corrected chi connectivity index (χ4v) is 3.10. The van der Waals surface area contributed by atoms with E-state index in [0.717, 1.165) is 28.1 Å². The van der Waals surface area contributed by atoms with Gasteiger partial charge in [-0.15, -0.1) is 0 Å². The zero-order valence-corrected chi connectivity index (χ0v) is 13.8. The van der Waals surface area contributed by atoms with Crippen molar-refractivity contribution in [1.29, 1.82) is 0 Å². The second-order valence-corrected chi connectivity index (χ2v) is 7.24. The molecule has 4 nitrogen and oxygen atoms in total. The van der Waals surface area contributed by atoms with Crippen LogP contribution < -0.4 is 5.14 Å². The molecule has 118 valence electrons. The van der Waals surface area contributed by atoms with Crippen molar-refractivity contribution < 1.29 is 8.42 Å². The van der Waals surface area contributed by atoms with Gasteiger partial charge in [0.05, 0.1) is 10.6 Å². The summed E-state index contributed by atoms with van der Waals surface area (Å²) < 4.78 is 22.8. The van der Waals surface area contributed by atoms with Crippen LogP contribution in [0.15, 0.2) is 59.5 Å². The summed E-state index contributed by atoms with van der Waals surface area (Å²) in [5.41, 5.74) is 6.34. The molecule has 0 aliphatic heterocycles. The molecule has 0 fully saturated rings. The van der Waals surface area contributed by atoms with Crippen LogP contribution in [0.4, 0.5) is 0 Å². The maximum Gasteiger partial charge on any atom is 0.238 e. The molecule has 0 unspecified atom stereocenters. The second-order valence-electron chi connectivity index (χ2n) is 5.68. The van der Waals surface area contributed by atoms with E-state index in [4.69, 9.17) is 5.14 Å². The van der Waals surface area contributed by atoms with Gasteiger partial charge in [0.25, 0.3) is 0 Å². The number of aromatic nitrogens is 1. The molecule has 0 saturated carbocycles. The Morgan fingerprint density at radius 2 is 1.43 bits per heavy atom. The fraction of sp³-hybridized carbons (Fsp3) is 0.111. The van der Waals surface area contributed by atoms with Gasteiger partial charge in [-0.3, -0.25) is 0 Å². The van der Waals surface area contributed by atoms with Gasteiger partial charge in [0.15, 0.2) is 0 Å². The van der Waals surface area contributed by atoms with Crippen molar-refractivity contribution in [3.05, 3.63) is 65.9 Å². The van der Waals surface area contributed by atoms with Gasteiger partial charge in [0.1, 0.15) is 0 Å². The molecule has 23 heavy (non-hydrogen) atoms. The summed E-state index contributed by atoms with van der Waals surface area (Å²) in [5.74, 6) is 0. The monoisotopic (exact) mass is 326 g/mol. The van der Waals surface area contributed by atoms with E-state index >= 15 is 0 Å². The van der Waals surface area contributed by atoms with Crippen molar-refractivity contribution in [1.82, 2.24) is 4.98 Å². The molecule has 3 N–H and O–H groups in total. The summed E-state index contributed by atoms with van der Waals surface area (Å²) in [6, 6.07) is 17.0. The molecule has 0 atom stereocenters. The molecule has 0 spiro atoms. The van der Waals surface area contributed by atoms with Gasteiger partial charge in [-0.2, -0.15) is 0 Å². The van der Waals surface area contributed by atoms with Gasteiger partial charge in [0, 0.05) is 11.3 Å². The van der Waals surface area contributed by atoms with Crippen LogP contribution in [0, 0.1) is 13.8 Å². The molecule has 5 heteroatoms. The quantitative estimate of drug-likeness (QED) is 0.771. The molecule has 0 radical (unpaired) electrons. The van der Waals surface area contributed by atoms with E-state index in [-0.39, 0.29) is 4.90 Å². The number of primary sulfonamides is 1. The Morgan fingerprint density at radius 1 is 0.870 bits per heavy atom. The third-order valence-electron chi connectivity index (χ3n) is 3.79. The Labute approximate surface area is 136 Å². The predicted molar refractivity (Wildman–Crippen MR) is 92.5 cm³/mol. The average molecular weight is 326 g/mol. The number of hydrogen-bond acceptors (Lipinski definition) is 2. The maximum absolute atomic E-state index is 11.4. The number of nitrogens with one attached hydrogen (secondary N) is 1. The topological polar surface area (TPSA) is 76.0 Å². The van der Waals surface area contributed by atoms with Gasteiger partial charge < -0.3 is 4.98 Å². The molecule has 0 saturated heterocycles. The highest BCUT2D eigenvalue weighted by atomic mass is 32.2. The van der Waals surface area contributed by atoms with E-state index in [1.54, 1.807) is 12.1 Å². The lowest BCUT2D eigenvalue weighted by molar-refractivity contribution is 0.598. The number of nitrogens with two attached hydrogens (primary N) is 1. The molecule has 2 aromatic carbocycles. The zero-order valence-electron chi connectivity index (χ0n) is 13.0. The number of sulfonamides is 1. The van der Waals surface area contributed by atoms with Crippen molar-refractivity contribution >= 4 is 10.0 Å². The highest BCUT2D eigenvalue weighted by Crippen LogP contribution is 2.33. The smallest absolute Gasteiger partial charge is 0.238 e. The van der Waals surface area contributed by atoms with Crippen LogP contribution in [-0.2, 0) is 10.0 Å². The van der Waals surface area contributed by atoms with Crippen molar-refractivity contribution in [2.24, 2.45) is 5.14 Å². The van der Waals surface area contributed by atoms with Crippen molar-refractivity contribution in [2.75, 3.05) is 0 Å². The van der Waals surface area contributed by atoms with E-state index in [1.165, 1.54) is 17.7 Å². The maximum atomic E-state index is 11.4. The number of benzene rings is 2. The third kappa shape index (κ3) is 3.21. The van der Waals surface area contributed by atoms with Crippen molar-refractivity contribution in [2.45, 2.75) is 18.7 Å². The Bertz CT molecular complexity index is 938. The zero-order chi connectivity index (χ0) is 16.6. The van der Waals surface area contributed by atoms with Crippen LogP contribution in [0.3, 0.4) is 0 Å². The minimum absolute atomic E-state index is 0.112. The average Bonchev–Trinajstić information content (AvgIpc) is 2.89. The van der Waals surface area contributed by atoms with Crippen LogP contribution in [-0.4, -0.2) is 13.4 Å². The minimum atomic E-state index is -3.67. The molecule has 3 aromatic rings. The second kappa shape index (κ2) is 5.68. The number of aryl methyl sites for hydroxylation is 2. The lowest BCUT2D eigenvalue weighted by Crippen LogP contribution is -2.11. The van der Waals surface area contributed by atoms with E-state index in [9.17, 15) is 8.42 Å². The standard InChI is InChI=1S/C18H18N2O2S/c1-12-3-5-14(6-4-12)17-11-13(2)20-18(17)15-7-9-16(10-8-15)23(19,21)22/h3-11,20H,1-2H3,(H2,19,21,22). The van der Waals surface area contributed by atoms with E-state index < -0.39 is 10.0 Å². The van der Waals surface area contributed by atoms with Crippen LogP contribution in [0.25, 0.3) is 22.4 Å². The molecule has 0 aliphatic rings.